The minimum absolute atomic E-state index is 0.0755. The number of aromatic amines is 1. The van der Waals surface area contributed by atoms with Gasteiger partial charge in [0.15, 0.2) is 5.43 Å². The molecule has 0 aliphatic rings. The monoisotopic (exact) mass is 257 g/mol. The Balaban J connectivity index is 2.28. The molecule has 5 heteroatoms. The van der Waals surface area contributed by atoms with Gasteiger partial charge in [-0.1, -0.05) is 0 Å². The number of aryl methyl sites for hydroxylation is 3. The number of aromatic nitrogens is 2. The summed E-state index contributed by atoms with van der Waals surface area (Å²) in [7, 11) is 0. The zero-order chi connectivity index (χ0) is 14.0. The van der Waals surface area contributed by atoms with Crippen LogP contribution in [0.15, 0.2) is 29.2 Å². The Kier molecular flexibility index (Phi) is 3.46. The van der Waals surface area contributed by atoms with Gasteiger partial charge < -0.3 is 10.3 Å². The molecule has 0 aromatic carbocycles. The predicted octanol–water partition coefficient (Wildman–Crippen LogP) is 1.95. The van der Waals surface area contributed by atoms with E-state index in [1.165, 1.54) is 12.3 Å². The van der Waals surface area contributed by atoms with Crippen molar-refractivity contribution in [3.05, 3.63) is 57.1 Å². The highest BCUT2D eigenvalue weighted by molar-refractivity contribution is 6.03. The third kappa shape index (κ3) is 3.07. The van der Waals surface area contributed by atoms with Gasteiger partial charge in [0.1, 0.15) is 11.4 Å². The van der Waals surface area contributed by atoms with Crippen LogP contribution in [-0.4, -0.2) is 15.9 Å². The number of nitrogens with zero attached hydrogens (tertiary/aromatic N) is 1. The number of rotatable bonds is 2. The number of H-pyrrole nitrogens is 1. The van der Waals surface area contributed by atoms with Crippen molar-refractivity contribution in [3.63, 3.8) is 0 Å². The van der Waals surface area contributed by atoms with Crippen molar-refractivity contribution in [2.45, 2.75) is 20.8 Å². The van der Waals surface area contributed by atoms with E-state index in [0.29, 0.717) is 11.5 Å². The number of anilines is 1. The molecule has 98 valence electrons. The maximum absolute atomic E-state index is 12.0. The van der Waals surface area contributed by atoms with Crippen molar-refractivity contribution in [2.75, 3.05) is 5.32 Å². The van der Waals surface area contributed by atoms with Crippen LogP contribution in [0.1, 0.15) is 27.3 Å². The third-order valence-electron chi connectivity index (χ3n) is 2.64. The first-order valence-electron chi connectivity index (χ1n) is 5.91. The number of carbonyl (C=O) groups excluding carboxylic acids is 1. The first-order chi connectivity index (χ1) is 8.95. The standard InChI is InChI=1S/C14H15N3O2/c1-8-4-10(3)16-13(5-8)17-14(19)11-7-15-9(2)6-12(11)18/h4-7H,1-3H3,(H,15,18)(H,16,17,19). The molecule has 0 saturated heterocycles. The zero-order valence-electron chi connectivity index (χ0n) is 11.1. The second kappa shape index (κ2) is 5.06. The topological polar surface area (TPSA) is 74.8 Å². The molecule has 2 rings (SSSR count). The molecular formula is C14H15N3O2. The summed E-state index contributed by atoms with van der Waals surface area (Å²) in [5.41, 5.74) is 2.30. The van der Waals surface area contributed by atoms with Gasteiger partial charge in [0.05, 0.1) is 0 Å². The average molecular weight is 257 g/mol. The lowest BCUT2D eigenvalue weighted by Gasteiger charge is -2.06. The van der Waals surface area contributed by atoms with Gasteiger partial charge in [0.25, 0.3) is 5.91 Å². The minimum Gasteiger partial charge on any atom is -0.364 e. The fraction of sp³-hybridized carbons (Fsp3) is 0.214. The van der Waals surface area contributed by atoms with Crippen molar-refractivity contribution in [2.24, 2.45) is 0 Å². The summed E-state index contributed by atoms with van der Waals surface area (Å²) in [5.74, 6) is -0.0128. The first-order valence-corrected chi connectivity index (χ1v) is 5.91. The number of pyridine rings is 2. The van der Waals surface area contributed by atoms with Gasteiger partial charge >= 0.3 is 0 Å². The van der Waals surface area contributed by atoms with Gasteiger partial charge in [-0.3, -0.25) is 9.59 Å². The van der Waals surface area contributed by atoms with Crippen LogP contribution in [0.4, 0.5) is 5.82 Å². The van der Waals surface area contributed by atoms with Crippen LogP contribution in [0, 0.1) is 20.8 Å². The van der Waals surface area contributed by atoms with E-state index in [0.717, 1.165) is 11.3 Å². The van der Waals surface area contributed by atoms with Gasteiger partial charge in [-0.2, -0.15) is 0 Å². The van der Waals surface area contributed by atoms with Crippen LogP contribution in [-0.2, 0) is 0 Å². The van der Waals surface area contributed by atoms with E-state index in [4.69, 9.17) is 0 Å². The predicted molar refractivity (Wildman–Crippen MR) is 73.5 cm³/mol. The normalized spacial score (nSPS) is 10.3. The lowest BCUT2D eigenvalue weighted by Crippen LogP contribution is -2.22. The largest absolute Gasteiger partial charge is 0.364 e. The average Bonchev–Trinajstić information content (AvgIpc) is 2.26. The summed E-state index contributed by atoms with van der Waals surface area (Å²) < 4.78 is 0. The molecule has 0 spiro atoms. The number of hydrogen-bond donors (Lipinski definition) is 2. The zero-order valence-corrected chi connectivity index (χ0v) is 11.1. The highest BCUT2D eigenvalue weighted by Crippen LogP contribution is 2.09. The highest BCUT2D eigenvalue weighted by Gasteiger charge is 2.11. The van der Waals surface area contributed by atoms with E-state index in [-0.39, 0.29) is 11.0 Å². The fourth-order valence-corrected chi connectivity index (χ4v) is 1.84. The summed E-state index contributed by atoms with van der Waals surface area (Å²) in [6.07, 6.45) is 1.41. The van der Waals surface area contributed by atoms with Crippen molar-refractivity contribution < 1.29 is 4.79 Å². The first kappa shape index (κ1) is 13.0. The molecule has 2 aromatic rings. The maximum Gasteiger partial charge on any atom is 0.262 e. The molecule has 0 fully saturated rings. The van der Waals surface area contributed by atoms with Gasteiger partial charge in [0, 0.05) is 23.7 Å². The molecule has 0 aliphatic carbocycles. The third-order valence-corrected chi connectivity index (χ3v) is 2.64. The fourth-order valence-electron chi connectivity index (χ4n) is 1.84. The Hall–Kier alpha value is -2.43. The Morgan fingerprint density at radius 2 is 1.95 bits per heavy atom. The number of hydrogen-bond acceptors (Lipinski definition) is 3. The molecule has 0 atom stereocenters. The SMILES string of the molecule is Cc1cc(C)nc(NC(=O)c2c[nH]c(C)cc2=O)c1. The van der Waals surface area contributed by atoms with E-state index >= 15 is 0 Å². The Bertz CT molecular complexity index is 669. The van der Waals surface area contributed by atoms with Crippen molar-refractivity contribution in [1.29, 1.82) is 0 Å². The summed E-state index contributed by atoms with van der Waals surface area (Å²) in [6, 6.07) is 5.06. The number of nitrogens with one attached hydrogen (secondary N) is 2. The number of carbonyl (C=O) groups is 1. The molecule has 0 saturated carbocycles. The second-order valence-electron chi connectivity index (χ2n) is 4.52. The molecule has 0 radical (unpaired) electrons. The molecule has 0 unspecified atom stereocenters. The Morgan fingerprint density at radius 1 is 1.21 bits per heavy atom. The van der Waals surface area contributed by atoms with Gasteiger partial charge in [-0.25, -0.2) is 4.98 Å². The smallest absolute Gasteiger partial charge is 0.262 e. The van der Waals surface area contributed by atoms with Crippen molar-refractivity contribution in [1.82, 2.24) is 9.97 Å². The van der Waals surface area contributed by atoms with Crippen LogP contribution < -0.4 is 10.7 Å². The van der Waals surface area contributed by atoms with Crippen LogP contribution in [0.3, 0.4) is 0 Å². The molecular weight excluding hydrogens is 242 g/mol. The molecule has 19 heavy (non-hydrogen) atoms. The summed E-state index contributed by atoms with van der Waals surface area (Å²) in [6.45, 7) is 5.53. The van der Waals surface area contributed by atoms with Crippen LogP contribution >= 0.6 is 0 Å². The van der Waals surface area contributed by atoms with Crippen LogP contribution in [0.25, 0.3) is 0 Å². The quantitative estimate of drug-likeness (QED) is 0.863. The molecule has 0 aliphatic heterocycles. The molecule has 2 heterocycles. The van der Waals surface area contributed by atoms with E-state index in [2.05, 4.69) is 15.3 Å². The summed E-state index contributed by atoms with van der Waals surface area (Å²) in [5, 5.41) is 2.63. The molecule has 2 N–H and O–H groups in total. The van der Waals surface area contributed by atoms with Crippen LogP contribution in [0.5, 0.6) is 0 Å². The van der Waals surface area contributed by atoms with E-state index in [9.17, 15) is 9.59 Å². The minimum atomic E-state index is -0.459. The lowest BCUT2D eigenvalue weighted by molar-refractivity contribution is 0.102. The second-order valence-corrected chi connectivity index (χ2v) is 4.52. The maximum atomic E-state index is 12.0. The highest BCUT2D eigenvalue weighted by atomic mass is 16.2. The van der Waals surface area contributed by atoms with E-state index in [1.54, 1.807) is 13.0 Å². The summed E-state index contributed by atoms with van der Waals surface area (Å²) >= 11 is 0. The van der Waals surface area contributed by atoms with Crippen LogP contribution in [0.2, 0.25) is 0 Å². The van der Waals surface area contributed by atoms with Gasteiger partial charge in [-0.15, -0.1) is 0 Å². The molecule has 2 aromatic heterocycles. The van der Waals surface area contributed by atoms with Gasteiger partial charge in [0.2, 0.25) is 0 Å². The Morgan fingerprint density at radius 3 is 2.58 bits per heavy atom. The van der Waals surface area contributed by atoms with Crippen molar-refractivity contribution >= 4 is 11.7 Å². The van der Waals surface area contributed by atoms with Crippen molar-refractivity contribution in [3.8, 4) is 0 Å². The lowest BCUT2D eigenvalue weighted by atomic mass is 10.2. The molecule has 0 bridgehead atoms. The van der Waals surface area contributed by atoms with Gasteiger partial charge in [-0.05, 0) is 38.5 Å². The Labute approximate surface area is 110 Å². The molecule has 5 nitrogen and oxygen atoms in total. The van der Waals surface area contributed by atoms with E-state index < -0.39 is 5.91 Å². The summed E-state index contributed by atoms with van der Waals surface area (Å²) in [4.78, 5) is 30.8. The number of amides is 1. The molecule has 1 amide bonds. The van der Waals surface area contributed by atoms with E-state index in [1.807, 2.05) is 19.9 Å².